The number of carboxylic acids is 1. The van der Waals surface area contributed by atoms with E-state index in [-0.39, 0.29) is 17.7 Å². The van der Waals surface area contributed by atoms with Gasteiger partial charge in [0, 0.05) is 19.0 Å². The first-order valence-corrected chi connectivity index (χ1v) is 8.48. The van der Waals surface area contributed by atoms with E-state index in [9.17, 15) is 14.4 Å². The number of hydrogen-bond donors (Lipinski definition) is 2. The molecule has 0 bridgehead atoms. The maximum Gasteiger partial charge on any atom is 0.306 e. The zero-order valence-corrected chi connectivity index (χ0v) is 13.5. The van der Waals surface area contributed by atoms with Crippen LogP contribution in [0.25, 0.3) is 0 Å². The number of rotatable bonds is 4. The second-order valence-corrected chi connectivity index (χ2v) is 6.58. The molecule has 0 spiro atoms. The first-order valence-electron chi connectivity index (χ1n) is 8.48. The minimum Gasteiger partial charge on any atom is -0.481 e. The summed E-state index contributed by atoms with van der Waals surface area (Å²) in [6.07, 6.45) is 3.49. The van der Waals surface area contributed by atoms with Gasteiger partial charge in [-0.05, 0) is 44.2 Å². The molecule has 3 rings (SSSR count). The standard InChI is InChI=1S/C18H22N2O4/c21-16(12-7-8-13(11-12)18(23)24)19-15-6-2-1-5-14(15)17(22)20-9-3-4-10-20/h1-2,5-6,12-13H,3-4,7-11H2,(H,19,21)(H,23,24)/t12-,13+/m0/s1. The van der Waals surface area contributed by atoms with Crippen molar-refractivity contribution in [2.24, 2.45) is 11.8 Å². The van der Waals surface area contributed by atoms with Crippen LogP contribution in [0.5, 0.6) is 0 Å². The summed E-state index contributed by atoms with van der Waals surface area (Å²) in [7, 11) is 0. The van der Waals surface area contributed by atoms with Crippen molar-refractivity contribution in [2.45, 2.75) is 32.1 Å². The van der Waals surface area contributed by atoms with Crippen LogP contribution in [0.15, 0.2) is 24.3 Å². The number of likely N-dealkylation sites (tertiary alicyclic amines) is 1. The summed E-state index contributed by atoms with van der Waals surface area (Å²) >= 11 is 0. The molecule has 1 aliphatic heterocycles. The molecule has 2 N–H and O–H groups in total. The van der Waals surface area contributed by atoms with Gasteiger partial charge >= 0.3 is 5.97 Å². The Bertz CT molecular complexity index is 652. The van der Waals surface area contributed by atoms with Gasteiger partial charge < -0.3 is 15.3 Å². The lowest BCUT2D eigenvalue weighted by molar-refractivity contribution is -0.141. The number of nitrogens with one attached hydrogen (secondary N) is 1. The number of amides is 2. The Balaban J connectivity index is 1.70. The number of aliphatic carboxylic acids is 1. The third kappa shape index (κ3) is 3.42. The molecule has 6 heteroatoms. The zero-order valence-electron chi connectivity index (χ0n) is 13.5. The molecule has 0 unspecified atom stereocenters. The van der Waals surface area contributed by atoms with Gasteiger partial charge in [0.05, 0.1) is 17.2 Å². The van der Waals surface area contributed by atoms with Crippen molar-refractivity contribution in [3.8, 4) is 0 Å². The molecule has 1 saturated carbocycles. The van der Waals surface area contributed by atoms with Gasteiger partial charge in [-0.2, -0.15) is 0 Å². The summed E-state index contributed by atoms with van der Waals surface area (Å²) in [5.74, 6) is -1.84. The summed E-state index contributed by atoms with van der Waals surface area (Å²) in [4.78, 5) is 37.9. The van der Waals surface area contributed by atoms with Crippen LogP contribution in [0.3, 0.4) is 0 Å². The predicted octanol–water partition coefficient (Wildman–Crippen LogP) is 2.36. The molecule has 1 aromatic carbocycles. The number of anilines is 1. The summed E-state index contributed by atoms with van der Waals surface area (Å²) in [6.45, 7) is 1.51. The highest BCUT2D eigenvalue weighted by Crippen LogP contribution is 2.32. The van der Waals surface area contributed by atoms with Gasteiger partial charge in [-0.1, -0.05) is 12.1 Å². The van der Waals surface area contributed by atoms with Crippen molar-refractivity contribution in [2.75, 3.05) is 18.4 Å². The molecule has 2 fully saturated rings. The van der Waals surface area contributed by atoms with Crippen molar-refractivity contribution in [3.05, 3.63) is 29.8 Å². The van der Waals surface area contributed by atoms with E-state index in [2.05, 4.69) is 5.32 Å². The van der Waals surface area contributed by atoms with E-state index < -0.39 is 11.9 Å². The van der Waals surface area contributed by atoms with Gasteiger partial charge in [-0.3, -0.25) is 14.4 Å². The van der Waals surface area contributed by atoms with E-state index in [0.29, 0.717) is 30.5 Å². The van der Waals surface area contributed by atoms with Crippen LogP contribution in [-0.4, -0.2) is 40.9 Å². The number of nitrogens with zero attached hydrogens (tertiary/aromatic N) is 1. The number of hydrogen-bond acceptors (Lipinski definition) is 3. The summed E-state index contributed by atoms with van der Waals surface area (Å²) in [6, 6.07) is 7.02. The molecular formula is C18H22N2O4. The number of carbonyl (C=O) groups excluding carboxylic acids is 2. The molecule has 2 amide bonds. The molecule has 24 heavy (non-hydrogen) atoms. The molecule has 1 aliphatic carbocycles. The second-order valence-electron chi connectivity index (χ2n) is 6.58. The molecule has 0 aromatic heterocycles. The molecule has 128 valence electrons. The van der Waals surface area contributed by atoms with E-state index >= 15 is 0 Å². The van der Waals surface area contributed by atoms with Gasteiger partial charge in [-0.25, -0.2) is 0 Å². The smallest absolute Gasteiger partial charge is 0.306 e. The van der Waals surface area contributed by atoms with E-state index in [0.717, 1.165) is 25.9 Å². The minimum atomic E-state index is -0.838. The highest BCUT2D eigenvalue weighted by atomic mass is 16.4. The lowest BCUT2D eigenvalue weighted by Gasteiger charge is -2.19. The minimum absolute atomic E-state index is 0.0572. The highest BCUT2D eigenvalue weighted by Gasteiger charge is 2.34. The van der Waals surface area contributed by atoms with Crippen molar-refractivity contribution in [3.63, 3.8) is 0 Å². The quantitative estimate of drug-likeness (QED) is 0.887. The number of carboxylic acid groups (broad SMARTS) is 1. The molecular weight excluding hydrogens is 308 g/mol. The summed E-state index contributed by atoms with van der Waals surface area (Å²) < 4.78 is 0. The van der Waals surface area contributed by atoms with E-state index in [1.54, 1.807) is 29.2 Å². The lowest BCUT2D eigenvalue weighted by atomic mass is 10.0. The first kappa shape index (κ1) is 16.5. The monoisotopic (exact) mass is 330 g/mol. The normalized spacial score (nSPS) is 23.2. The molecule has 0 radical (unpaired) electrons. The zero-order chi connectivity index (χ0) is 17.1. The third-order valence-corrected chi connectivity index (χ3v) is 4.96. The Labute approximate surface area is 140 Å². The Kier molecular flexibility index (Phi) is 4.83. The largest absolute Gasteiger partial charge is 0.481 e. The number of carbonyl (C=O) groups is 3. The fraction of sp³-hybridized carbons (Fsp3) is 0.500. The van der Waals surface area contributed by atoms with Crippen molar-refractivity contribution < 1.29 is 19.5 Å². The topological polar surface area (TPSA) is 86.7 Å². The maximum absolute atomic E-state index is 12.6. The van der Waals surface area contributed by atoms with E-state index in [4.69, 9.17) is 5.11 Å². The first-order chi connectivity index (χ1) is 11.6. The Morgan fingerprint density at radius 3 is 2.38 bits per heavy atom. The van der Waals surface area contributed by atoms with Crippen molar-refractivity contribution >= 4 is 23.5 Å². The maximum atomic E-state index is 12.6. The molecule has 1 saturated heterocycles. The van der Waals surface area contributed by atoms with Gasteiger partial charge in [-0.15, -0.1) is 0 Å². The van der Waals surface area contributed by atoms with Crippen LogP contribution in [0, 0.1) is 11.8 Å². The summed E-state index contributed by atoms with van der Waals surface area (Å²) in [5.41, 5.74) is 1.01. The third-order valence-electron chi connectivity index (χ3n) is 4.96. The van der Waals surface area contributed by atoms with Crippen molar-refractivity contribution in [1.29, 1.82) is 0 Å². The molecule has 2 aliphatic rings. The SMILES string of the molecule is O=C(O)[C@@H]1CC[C@H](C(=O)Nc2ccccc2C(=O)N2CCCC2)C1. The van der Waals surface area contributed by atoms with Crippen LogP contribution in [0.4, 0.5) is 5.69 Å². The molecule has 1 heterocycles. The summed E-state index contributed by atoms with van der Waals surface area (Å²) in [5, 5.41) is 11.9. The average molecular weight is 330 g/mol. The van der Waals surface area contributed by atoms with E-state index in [1.165, 1.54) is 0 Å². The Morgan fingerprint density at radius 2 is 1.71 bits per heavy atom. The van der Waals surface area contributed by atoms with E-state index in [1.807, 2.05) is 0 Å². The van der Waals surface area contributed by atoms with Crippen LogP contribution < -0.4 is 5.32 Å². The second kappa shape index (κ2) is 7.03. The van der Waals surface area contributed by atoms with Crippen LogP contribution in [0.1, 0.15) is 42.5 Å². The fourth-order valence-corrected chi connectivity index (χ4v) is 3.55. The average Bonchev–Trinajstić information content (AvgIpc) is 3.26. The highest BCUT2D eigenvalue weighted by molar-refractivity contribution is 6.04. The molecule has 6 nitrogen and oxygen atoms in total. The Hall–Kier alpha value is -2.37. The Morgan fingerprint density at radius 1 is 1.04 bits per heavy atom. The van der Waals surface area contributed by atoms with Gasteiger partial charge in [0.25, 0.3) is 5.91 Å². The number of benzene rings is 1. The van der Waals surface area contributed by atoms with Gasteiger partial charge in [0.15, 0.2) is 0 Å². The molecule has 2 atom stereocenters. The van der Waals surface area contributed by atoms with Gasteiger partial charge in [0.1, 0.15) is 0 Å². The van der Waals surface area contributed by atoms with Crippen molar-refractivity contribution in [1.82, 2.24) is 4.90 Å². The lowest BCUT2D eigenvalue weighted by Crippen LogP contribution is -2.29. The van der Waals surface area contributed by atoms with Crippen LogP contribution in [0.2, 0.25) is 0 Å². The van der Waals surface area contributed by atoms with Crippen LogP contribution in [-0.2, 0) is 9.59 Å². The van der Waals surface area contributed by atoms with Crippen LogP contribution >= 0.6 is 0 Å². The fourth-order valence-electron chi connectivity index (χ4n) is 3.55. The predicted molar refractivity (Wildman–Crippen MR) is 88.7 cm³/mol. The number of para-hydroxylation sites is 1. The molecule has 1 aromatic rings. The van der Waals surface area contributed by atoms with Gasteiger partial charge in [0.2, 0.25) is 5.91 Å².